The molecule has 1 saturated heterocycles. The van der Waals surface area contributed by atoms with Gasteiger partial charge in [-0.05, 0) is 55.9 Å². The number of ether oxygens (including phenoxy) is 1. The molecule has 2 aromatic rings. The van der Waals surface area contributed by atoms with Crippen molar-refractivity contribution in [3.8, 4) is 5.75 Å². The Balaban J connectivity index is 1.87. The lowest BCUT2D eigenvalue weighted by molar-refractivity contribution is 0.0720. The number of anilines is 1. The molecule has 0 unspecified atom stereocenters. The highest BCUT2D eigenvalue weighted by atomic mass is 32.2. The molecule has 0 saturated carbocycles. The van der Waals surface area contributed by atoms with E-state index in [-0.39, 0.29) is 10.8 Å². The molecule has 1 N–H and O–H groups in total. The Morgan fingerprint density at radius 1 is 1.20 bits per heavy atom. The molecule has 0 bridgehead atoms. The zero-order chi connectivity index (χ0) is 21.6. The van der Waals surface area contributed by atoms with Crippen LogP contribution in [0, 0.1) is 0 Å². The summed E-state index contributed by atoms with van der Waals surface area (Å²) in [5.41, 5.74) is 0.810. The van der Waals surface area contributed by atoms with E-state index in [2.05, 4.69) is 11.3 Å². The molecule has 2 aromatic carbocycles. The average molecular weight is 447 g/mol. The summed E-state index contributed by atoms with van der Waals surface area (Å²) in [7, 11) is -3.87. The minimum Gasteiger partial charge on any atom is -0.489 e. The molecule has 0 aliphatic carbocycles. The van der Waals surface area contributed by atoms with Crippen LogP contribution in [-0.2, 0) is 10.0 Å². The van der Waals surface area contributed by atoms with E-state index < -0.39 is 10.0 Å². The van der Waals surface area contributed by atoms with Gasteiger partial charge in [-0.15, -0.1) is 11.8 Å². The van der Waals surface area contributed by atoms with E-state index >= 15 is 0 Å². The standard InChI is InChI=1S/C22H26N2O4S2/c1-3-14-28-18-9-7-8-17(15-18)23-30(26,27)19-10-11-21(29-2)20(16-19)22(25)24-12-5-4-6-13-24/h3,7-11,15-16,23H,1,4-6,12-14H2,2H3. The molecule has 3 rings (SSSR count). The van der Waals surface area contributed by atoms with Crippen LogP contribution in [-0.4, -0.2) is 45.2 Å². The number of likely N-dealkylation sites (tertiary alicyclic amines) is 1. The molecule has 0 spiro atoms. The summed E-state index contributed by atoms with van der Waals surface area (Å²) < 4.78 is 34.0. The number of hydrogen-bond acceptors (Lipinski definition) is 5. The van der Waals surface area contributed by atoms with E-state index in [1.165, 1.54) is 23.9 Å². The summed E-state index contributed by atoms with van der Waals surface area (Å²) in [6.07, 6.45) is 6.57. The lowest BCUT2D eigenvalue weighted by atomic mass is 10.1. The van der Waals surface area contributed by atoms with Gasteiger partial charge in [0.2, 0.25) is 0 Å². The fraction of sp³-hybridized carbons (Fsp3) is 0.318. The summed E-state index contributed by atoms with van der Waals surface area (Å²) in [6, 6.07) is 11.4. The number of rotatable bonds is 8. The van der Waals surface area contributed by atoms with Crippen molar-refractivity contribution in [1.82, 2.24) is 4.90 Å². The van der Waals surface area contributed by atoms with Crippen molar-refractivity contribution in [2.75, 3.05) is 30.7 Å². The smallest absolute Gasteiger partial charge is 0.261 e. The van der Waals surface area contributed by atoms with Crippen molar-refractivity contribution in [1.29, 1.82) is 0 Å². The van der Waals surface area contributed by atoms with Crippen LogP contribution in [0.2, 0.25) is 0 Å². The number of carbonyl (C=O) groups excluding carboxylic acids is 1. The van der Waals surface area contributed by atoms with Gasteiger partial charge in [0.1, 0.15) is 12.4 Å². The Bertz CT molecular complexity index is 1020. The molecule has 30 heavy (non-hydrogen) atoms. The molecule has 160 valence electrons. The van der Waals surface area contributed by atoms with Crippen molar-refractivity contribution in [3.05, 3.63) is 60.7 Å². The Kier molecular flexibility index (Phi) is 7.44. The molecule has 0 radical (unpaired) electrons. The van der Waals surface area contributed by atoms with Crippen LogP contribution in [0.3, 0.4) is 0 Å². The van der Waals surface area contributed by atoms with E-state index in [1.54, 1.807) is 36.4 Å². The molecule has 6 nitrogen and oxygen atoms in total. The van der Waals surface area contributed by atoms with Crippen molar-refractivity contribution in [2.24, 2.45) is 0 Å². The maximum atomic E-state index is 13.0. The van der Waals surface area contributed by atoms with E-state index in [4.69, 9.17) is 4.74 Å². The Labute approximate surface area is 182 Å². The second-order valence-electron chi connectivity index (χ2n) is 6.95. The van der Waals surface area contributed by atoms with Gasteiger partial charge in [-0.2, -0.15) is 0 Å². The van der Waals surface area contributed by atoms with Gasteiger partial charge >= 0.3 is 0 Å². The summed E-state index contributed by atoms with van der Waals surface area (Å²) in [6.45, 7) is 5.34. The summed E-state index contributed by atoms with van der Waals surface area (Å²) >= 11 is 1.43. The van der Waals surface area contributed by atoms with Crippen LogP contribution in [0.5, 0.6) is 5.75 Å². The minimum atomic E-state index is -3.87. The van der Waals surface area contributed by atoms with Crippen molar-refractivity contribution >= 4 is 33.4 Å². The first-order chi connectivity index (χ1) is 14.4. The zero-order valence-electron chi connectivity index (χ0n) is 17.0. The van der Waals surface area contributed by atoms with E-state index in [0.29, 0.717) is 36.7 Å². The quantitative estimate of drug-likeness (QED) is 0.480. The number of nitrogens with zero attached hydrogens (tertiary/aromatic N) is 1. The summed E-state index contributed by atoms with van der Waals surface area (Å²) in [5, 5.41) is 0. The number of benzene rings is 2. The Morgan fingerprint density at radius 3 is 2.67 bits per heavy atom. The van der Waals surface area contributed by atoms with Crippen LogP contribution in [0.15, 0.2) is 64.9 Å². The summed E-state index contributed by atoms with van der Waals surface area (Å²) in [4.78, 5) is 15.7. The first-order valence-electron chi connectivity index (χ1n) is 9.78. The van der Waals surface area contributed by atoms with Gasteiger partial charge < -0.3 is 9.64 Å². The van der Waals surface area contributed by atoms with Crippen LogP contribution in [0.4, 0.5) is 5.69 Å². The van der Waals surface area contributed by atoms with Gasteiger partial charge in [-0.3, -0.25) is 9.52 Å². The first-order valence-corrected chi connectivity index (χ1v) is 12.5. The molecule has 1 aliphatic rings. The van der Waals surface area contributed by atoms with Crippen LogP contribution < -0.4 is 9.46 Å². The second kappa shape index (κ2) is 10.0. The largest absolute Gasteiger partial charge is 0.489 e. The number of carbonyl (C=O) groups is 1. The van der Waals surface area contributed by atoms with E-state index in [9.17, 15) is 13.2 Å². The monoisotopic (exact) mass is 446 g/mol. The number of sulfonamides is 1. The lowest BCUT2D eigenvalue weighted by Gasteiger charge is -2.27. The lowest BCUT2D eigenvalue weighted by Crippen LogP contribution is -2.36. The van der Waals surface area contributed by atoms with E-state index in [0.717, 1.165) is 24.2 Å². The molecule has 1 amide bonds. The molecule has 1 heterocycles. The summed E-state index contributed by atoms with van der Waals surface area (Å²) in [5.74, 6) is 0.421. The molecule has 0 aromatic heterocycles. The third kappa shape index (κ3) is 5.37. The van der Waals surface area contributed by atoms with Gasteiger partial charge in [-0.25, -0.2) is 8.42 Å². The molecule has 0 atom stereocenters. The second-order valence-corrected chi connectivity index (χ2v) is 9.48. The Hall–Kier alpha value is -2.45. The highest BCUT2D eigenvalue weighted by Crippen LogP contribution is 2.28. The van der Waals surface area contributed by atoms with Gasteiger partial charge in [0.25, 0.3) is 15.9 Å². The average Bonchev–Trinajstić information content (AvgIpc) is 2.77. The van der Waals surface area contributed by atoms with Gasteiger partial charge in [0.15, 0.2) is 0 Å². The van der Waals surface area contributed by atoms with Gasteiger partial charge in [0, 0.05) is 24.1 Å². The SMILES string of the molecule is C=CCOc1cccc(NS(=O)(=O)c2ccc(SC)c(C(=O)N3CCCCC3)c2)c1. The van der Waals surface area contributed by atoms with Crippen molar-refractivity contribution < 1.29 is 17.9 Å². The number of nitrogens with one attached hydrogen (secondary N) is 1. The van der Waals surface area contributed by atoms with Crippen LogP contribution in [0.1, 0.15) is 29.6 Å². The highest BCUT2D eigenvalue weighted by molar-refractivity contribution is 7.98. The fourth-order valence-electron chi connectivity index (χ4n) is 3.31. The number of hydrogen-bond donors (Lipinski definition) is 1. The van der Waals surface area contributed by atoms with Crippen molar-refractivity contribution in [3.63, 3.8) is 0 Å². The Morgan fingerprint density at radius 2 is 1.97 bits per heavy atom. The van der Waals surface area contributed by atoms with Gasteiger partial charge in [0.05, 0.1) is 16.1 Å². The molecule has 8 heteroatoms. The number of piperidine rings is 1. The topological polar surface area (TPSA) is 75.7 Å². The normalized spacial score (nSPS) is 14.2. The van der Waals surface area contributed by atoms with Crippen LogP contribution in [0.25, 0.3) is 0 Å². The number of amides is 1. The zero-order valence-corrected chi connectivity index (χ0v) is 18.6. The van der Waals surface area contributed by atoms with Gasteiger partial charge in [-0.1, -0.05) is 18.7 Å². The molecular weight excluding hydrogens is 420 g/mol. The molecule has 1 fully saturated rings. The predicted molar refractivity (Wildman–Crippen MR) is 121 cm³/mol. The molecular formula is C22H26N2O4S2. The fourth-order valence-corrected chi connectivity index (χ4v) is 4.95. The highest BCUT2D eigenvalue weighted by Gasteiger charge is 2.24. The maximum Gasteiger partial charge on any atom is 0.261 e. The molecule has 1 aliphatic heterocycles. The third-order valence-corrected chi connectivity index (χ3v) is 6.98. The predicted octanol–water partition coefficient (Wildman–Crippen LogP) is 4.40. The minimum absolute atomic E-state index is 0.0538. The van der Waals surface area contributed by atoms with Crippen molar-refractivity contribution in [2.45, 2.75) is 29.1 Å². The maximum absolute atomic E-state index is 13.0. The first kappa shape index (κ1) is 22.2. The van der Waals surface area contributed by atoms with E-state index in [1.807, 2.05) is 11.2 Å². The number of thioether (sulfide) groups is 1. The third-order valence-electron chi connectivity index (χ3n) is 4.81. The van der Waals surface area contributed by atoms with Crippen LogP contribution >= 0.6 is 11.8 Å².